The van der Waals surface area contributed by atoms with E-state index in [4.69, 9.17) is 0 Å². The molecule has 23 heavy (non-hydrogen) atoms. The summed E-state index contributed by atoms with van der Waals surface area (Å²) in [6.45, 7) is 1.59. The molecule has 0 spiro atoms. The zero-order chi connectivity index (χ0) is 17.0. The number of benzene rings is 2. The van der Waals surface area contributed by atoms with Gasteiger partial charge < -0.3 is 0 Å². The molecular formula is C15H12F3N3O2. The minimum Gasteiger partial charge on any atom is -0.278 e. The molecule has 0 atom stereocenters. The monoisotopic (exact) mass is 323 g/mol. The molecule has 0 saturated heterocycles. The van der Waals surface area contributed by atoms with Crippen molar-refractivity contribution in [2.24, 2.45) is 5.10 Å². The van der Waals surface area contributed by atoms with Crippen LogP contribution in [0.15, 0.2) is 53.6 Å². The van der Waals surface area contributed by atoms with Crippen molar-refractivity contribution < 1.29 is 18.1 Å². The van der Waals surface area contributed by atoms with Crippen LogP contribution in [0.1, 0.15) is 18.1 Å². The number of halogens is 3. The second-order valence-electron chi connectivity index (χ2n) is 4.66. The molecule has 0 fully saturated rings. The van der Waals surface area contributed by atoms with Gasteiger partial charge in [0.2, 0.25) is 0 Å². The van der Waals surface area contributed by atoms with Gasteiger partial charge in [0.05, 0.1) is 21.9 Å². The van der Waals surface area contributed by atoms with Gasteiger partial charge in [-0.05, 0) is 36.8 Å². The van der Waals surface area contributed by atoms with Crippen molar-refractivity contribution in [2.45, 2.75) is 13.1 Å². The Labute approximate surface area is 129 Å². The summed E-state index contributed by atoms with van der Waals surface area (Å²) in [6, 6.07) is 10.6. The van der Waals surface area contributed by atoms with E-state index in [1.165, 1.54) is 42.5 Å². The van der Waals surface area contributed by atoms with Crippen LogP contribution in [0, 0.1) is 10.1 Å². The normalized spacial score (nSPS) is 12.1. The number of hydrazone groups is 1. The van der Waals surface area contributed by atoms with Crippen molar-refractivity contribution in [1.82, 2.24) is 0 Å². The Kier molecular flexibility index (Phi) is 4.63. The fourth-order valence-corrected chi connectivity index (χ4v) is 1.86. The number of nitrogens with one attached hydrogen (secondary N) is 1. The zero-order valence-corrected chi connectivity index (χ0v) is 12.0. The third-order valence-electron chi connectivity index (χ3n) is 3.07. The van der Waals surface area contributed by atoms with Crippen molar-refractivity contribution in [3.63, 3.8) is 0 Å². The smallest absolute Gasteiger partial charge is 0.278 e. The third kappa shape index (κ3) is 4.06. The van der Waals surface area contributed by atoms with Crippen molar-refractivity contribution in [2.75, 3.05) is 5.43 Å². The fourth-order valence-electron chi connectivity index (χ4n) is 1.86. The molecule has 5 nitrogen and oxygen atoms in total. The van der Waals surface area contributed by atoms with Crippen molar-refractivity contribution in [3.8, 4) is 0 Å². The minimum atomic E-state index is -4.49. The summed E-state index contributed by atoms with van der Waals surface area (Å²) in [7, 11) is 0. The van der Waals surface area contributed by atoms with Gasteiger partial charge in [0, 0.05) is 12.1 Å². The predicted octanol–water partition coefficient (Wildman–Crippen LogP) is 4.45. The molecule has 0 aliphatic carbocycles. The molecule has 0 bridgehead atoms. The van der Waals surface area contributed by atoms with E-state index in [0.717, 1.165) is 6.07 Å². The first-order valence-corrected chi connectivity index (χ1v) is 6.50. The molecular weight excluding hydrogens is 311 g/mol. The van der Waals surface area contributed by atoms with E-state index in [1.807, 2.05) is 0 Å². The maximum atomic E-state index is 12.9. The molecule has 120 valence electrons. The number of para-hydroxylation sites is 1. The van der Waals surface area contributed by atoms with Crippen LogP contribution in [-0.2, 0) is 6.18 Å². The van der Waals surface area contributed by atoms with Gasteiger partial charge >= 0.3 is 6.18 Å². The average molecular weight is 323 g/mol. The topological polar surface area (TPSA) is 67.5 Å². The van der Waals surface area contributed by atoms with Crippen LogP contribution in [0.5, 0.6) is 0 Å². The van der Waals surface area contributed by atoms with Gasteiger partial charge in [-0.15, -0.1) is 0 Å². The second kappa shape index (κ2) is 6.47. The van der Waals surface area contributed by atoms with Crippen molar-refractivity contribution >= 4 is 17.1 Å². The lowest BCUT2D eigenvalue weighted by atomic mass is 10.1. The number of non-ortho nitro benzene ring substituents is 1. The minimum absolute atomic E-state index is 0.0723. The lowest BCUT2D eigenvalue weighted by Gasteiger charge is -2.12. The standard InChI is InChI=1S/C15H12F3N3O2/c1-10(11-6-8-12(9-7-11)21(22)23)19-20-14-5-3-2-4-13(14)15(16,17)18/h2-9,20H,1H3. The van der Waals surface area contributed by atoms with E-state index in [0.29, 0.717) is 11.3 Å². The number of nitro benzene ring substituents is 1. The number of hydrogen-bond acceptors (Lipinski definition) is 4. The lowest BCUT2D eigenvalue weighted by molar-refractivity contribution is -0.384. The Morgan fingerprint density at radius 1 is 1.13 bits per heavy atom. The maximum absolute atomic E-state index is 12.9. The van der Waals surface area contributed by atoms with Crippen LogP contribution in [0.3, 0.4) is 0 Å². The van der Waals surface area contributed by atoms with Crippen LogP contribution < -0.4 is 5.43 Å². The molecule has 0 saturated carbocycles. The molecule has 0 aliphatic rings. The zero-order valence-electron chi connectivity index (χ0n) is 12.0. The van der Waals surface area contributed by atoms with Crippen molar-refractivity contribution in [1.29, 1.82) is 0 Å². The molecule has 2 aromatic carbocycles. The highest BCUT2D eigenvalue weighted by atomic mass is 19.4. The number of rotatable bonds is 4. The highest BCUT2D eigenvalue weighted by molar-refractivity contribution is 5.99. The first-order chi connectivity index (χ1) is 10.8. The van der Waals surface area contributed by atoms with Gasteiger partial charge in [0.1, 0.15) is 0 Å². The van der Waals surface area contributed by atoms with Crippen LogP contribution in [-0.4, -0.2) is 10.6 Å². The molecule has 0 heterocycles. The SMILES string of the molecule is CC(=NNc1ccccc1C(F)(F)F)c1ccc([N+](=O)[O-])cc1. The number of nitrogens with zero attached hydrogens (tertiary/aromatic N) is 2. The fraction of sp³-hybridized carbons (Fsp3) is 0.133. The van der Waals surface area contributed by atoms with Gasteiger partial charge in [-0.2, -0.15) is 18.3 Å². The third-order valence-corrected chi connectivity index (χ3v) is 3.07. The van der Waals surface area contributed by atoms with E-state index in [2.05, 4.69) is 10.5 Å². The largest absolute Gasteiger partial charge is 0.418 e. The second-order valence-corrected chi connectivity index (χ2v) is 4.66. The van der Waals surface area contributed by atoms with Crippen LogP contribution in [0.2, 0.25) is 0 Å². The summed E-state index contributed by atoms with van der Waals surface area (Å²) in [6.07, 6.45) is -4.49. The summed E-state index contributed by atoms with van der Waals surface area (Å²) in [4.78, 5) is 10.0. The van der Waals surface area contributed by atoms with E-state index < -0.39 is 16.7 Å². The molecule has 2 aromatic rings. The van der Waals surface area contributed by atoms with E-state index in [1.54, 1.807) is 6.92 Å². The maximum Gasteiger partial charge on any atom is 0.418 e. The molecule has 0 unspecified atom stereocenters. The summed E-state index contributed by atoms with van der Waals surface area (Å²) < 4.78 is 38.6. The molecule has 0 aliphatic heterocycles. The Morgan fingerprint density at radius 3 is 2.30 bits per heavy atom. The van der Waals surface area contributed by atoms with Crippen molar-refractivity contribution in [3.05, 3.63) is 69.8 Å². The molecule has 8 heteroatoms. The lowest BCUT2D eigenvalue weighted by Crippen LogP contribution is -2.09. The predicted molar refractivity (Wildman–Crippen MR) is 80.4 cm³/mol. The highest BCUT2D eigenvalue weighted by Gasteiger charge is 2.33. The first-order valence-electron chi connectivity index (χ1n) is 6.50. The van der Waals surface area contributed by atoms with Crippen LogP contribution in [0.25, 0.3) is 0 Å². The summed E-state index contributed by atoms with van der Waals surface area (Å²) in [5, 5.41) is 14.5. The summed E-state index contributed by atoms with van der Waals surface area (Å²) in [5.74, 6) is 0. The Balaban J connectivity index is 2.22. The molecule has 0 radical (unpaired) electrons. The molecule has 1 N–H and O–H groups in total. The molecule has 0 amide bonds. The van der Waals surface area contributed by atoms with Gasteiger partial charge in [-0.3, -0.25) is 15.5 Å². The van der Waals surface area contributed by atoms with E-state index >= 15 is 0 Å². The Bertz CT molecular complexity index is 740. The Morgan fingerprint density at radius 2 is 1.74 bits per heavy atom. The van der Waals surface area contributed by atoms with Gasteiger partial charge in [-0.1, -0.05) is 12.1 Å². The quantitative estimate of drug-likeness (QED) is 0.513. The van der Waals surface area contributed by atoms with E-state index in [9.17, 15) is 23.3 Å². The summed E-state index contributed by atoms with van der Waals surface area (Å²) in [5.41, 5.74) is 2.29. The number of hydrogen-bond donors (Lipinski definition) is 1. The van der Waals surface area contributed by atoms with Crippen LogP contribution in [0.4, 0.5) is 24.5 Å². The average Bonchev–Trinajstić information content (AvgIpc) is 2.52. The van der Waals surface area contributed by atoms with E-state index in [-0.39, 0.29) is 11.4 Å². The molecule has 2 rings (SSSR count). The number of nitro groups is 1. The van der Waals surface area contributed by atoms with Gasteiger partial charge in [-0.25, -0.2) is 0 Å². The number of anilines is 1. The Hall–Kier alpha value is -2.90. The summed E-state index contributed by atoms with van der Waals surface area (Å²) >= 11 is 0. The molecule has 0 aromatic heterocycles. The number of alkyl halides is 3. The highest BCUT2D eigenvalue weighted by Crippen LogP contribution is 2.34. The van der Waals surface area contributed by atoms with Gasteiger partial charge in [0.15, 0.2) is 0 Å². The first kappa shape index (κ1) is 16.5. The van der Waals surface area contributed by atoms with Crippen LogP contribution >= 0.6 is 0 Å². The van der Waals surface area contributed by atoms with Gasteiger partial charge in [0.25, 0.3) is 5.69 Å².